The Hall–Kier alpha value is -2.15. The molecule has 1 amide bonds. The summed E-state index contributed by atoms with van der Waals surface area (Å²) in [5.41, 5.74) is 2.12. The van der Waals surface area contributed by atoms with Gasteiger partial charge in [0, 0.05) is 10.6 Å². The van der Waals surface area contributed by atoms with Crippen LogP contribution in [0.1, 0.15) is 5.56 Å². The molecule has 128 valence electrons. The molecular formula is C17H13Cl2N3O2S. The lowest BCUT2D eigenvalue weighted by Gasteiger charge is -2.07. The van der Waals surface area contributed by atoms with Crippen LogP contribution in [0.3, 0.4) is 0 Å². The van der Waals surface area contributed by atoms with Crippen molar-refractivity contribution in [3.05, 3.63) is 58.1 Å². The average molecular weight is 394 g/mol. The van der Waals surface area contributed by atoms with Gasteiger partial charge in [0.2, 0.25) is 5.13 Å². The van der Waals surface area contributed by atoms with E-state index in [1.807, 2.05) is 31.2 Å². The minimum Gasteiger partial charge on any atom is -0.482 e. The standard InChI is InChI=1S/C17H13Cl2N3O2S/c1-10-2-4-11(5-3-10)16-21-22-17(25-16)20-15(23)9-24-14-7-6-12(18)8-13(14)19/h2-8H,9H2,1H3,(H,20,22,23). The smallest absolute Gasteiger partial charge is 0.264 e. The van der Waals surface area contributed by atoms with E-state index in [2.05, 4.69) is 15.5 Å². The van der Waals surface area contributed by atoms with E-state index in [0.29, 0.717) is 20.9 Å². The molecule has 2 aromatic carbocycles. The summed E-state index contributed by atoms with van der Waals surface area (Å²) < 4.78 is 5.38. The summed E-state index contributed by atoms with van der Waals surface area (Å²) in [4.78, 5) is 12.0. The maximum atomic E-state index is 12.0. The third kappa shape index (κ3) is 4.69. The van der Waals surface area contributed by atoms with E-state index in [1.54, 1.807) is 18.2 Å². The molecule has 0 saturated carbocycles. The zero-order valence-electron chi connectivity index (χ0n) is 13.1. The first kappa shape index (κ1) is 17.7. The number of hydrogen-bond acceptors (Lipinski definition) is 5. The summed E-state index contributed by atoms with van der Waals surface area (Å²) in [6, 6.07) is 12.7. The molecule has 1 aromatic heterocycles. The van der Waals surface area contributed by atoms with Gasteiger partial charge in [0.1, 0.15) is 10.8 Å². The first-order valence-corrected chi connectivity index (χ1v) is 8.87. The SMILES string of the molecule is Cc1ccc(-c2nnc(NC(=O)COc3ccc(Cl)cc3Cl)s2)cc1. The van der Waals surface area contributed by atoms with Crippen LogP contribution < -0.4 is 10.1 Å². The van der Waals surface area contributed by atoms with Crippen molar-refractivity contribution in [1.29, 1.82) is 0 Å². The van der Waals surface area contributed by atoms with Gasteiger partial charge >= 0.3 is 0 Å². The molecule has 3 aromatic rings. The van der Waals surface area contributed by atoms with Crippen LogP contribution in [0, 0.1) is 6.92 Å². The van der Waals surface area contributed by atoms with Gasteiger partial charge in [0.25, 0.3) is 5.91 Å². The third-order valence-corrected chi connectivity index (χ3v) is 4.64. The van der Waals surface area contributed by atoms with E-state index in [1.165, 1.54) is 16.9 Å². The van der Waals surface area contributed by atoms with Crippen LogP contribution in [0.15, 0.2) is 42.5 Å². The normalized spacial score (nSPS) is 10.5. The topological polar surface area (TPSA) is 64.1 Å². The molecule has 0 radical (unpaired) electrons. The largest absolute Gasteiger partial charge is 0.482 e. The zero-order valence-corrected chi connectivity index (χ0v) is 15.5. The molecule has 0 fully saturated rings. The predicted octanol–water partition coefficient (Wildman–Crippen LogP) is 4.84. The number of rotatable bonds is 5. The van der Waals surface area contributed by atoms with Gasteiger partial charge in [-0.3, -0.25) is 10.1 Å². The van der Waals surface area contributed by atoms with Gasteiger partial charge in [-0.15, -0.1) is 10.2 Å². The number of benzene rings is 2. The van der Waals surface area contributed by atoms with E-state index in [0.717, 1.165) is 10.6 Å². The lowest BCUT2D eigenvalue weighted by molar-refractivity contribution is -0.118. The molecule has 0 saturated heterocycles. The van der Waals surface area contributed by atoms with E-state index in [-0.39, 0.29) is 12.5 Å². The maximum absolute atomic E-state index is 12.0. The molecule has 0 bridgehead atoms. The Bertz CT molecular complexity index is 897. The molecule has 0 aliphatic heterocycles. The quantitative estimate of drug-likeness (QED) is 0.673. The number of ether oxygens (including phenoxy) is 1. The van der Waals surface area contributed by atoms with Gasteiger partial charge in [-0.05, 0) is 25.1 Å². The fourth-order valence-electron chi connectivity index (χ4n) is 1.98. The van der Waals surface area contributed by atoms with Crippen LogP contribution in [0.4, 0.5) is 5.13 Å². The fourth-order valence-corrected chi connectivity index (χ4v) is 3.21. The second-order valence-corrected chi connectivity index (χ2v) is 7.01. The number of carbonyl (C=O) groups excluding carboxylic acids is 1. The summed E-state index contributed by atoms with van der Waals surface area (Å²) in [5, 5.41) is 12.7. The van der Waals surface area contributed by atoms with Crippen LogP contribution in [-0.2, 0) is 4.79 Å². The number of carbonyl (C=O) groups is 1. The van der Waals surface area contributed by atoms with Crippen molar-refractivity contribution < 1.29 is 9.53 Å². The molecule has 0 unspecified atom stereocenters. The third-order valence-electron chi connectivity index (χ3n) is 3.22. The second kappa shape index (κ2) is 7.82. The summed E-state index contributed by atoms with van der Waals surface area (Å²) in [6.07, 6.45) is 0. The molecular weight excluding hydrogens is 381 g/mol. The monoisotopic (exact) mass is 393 g/mol. The van der Waals surface area contributed by atoms with Gasteiger partial charge in [-0.1, -0.05) is 64.4 Å². The molecule has 1 N–H and O–H groups in total. The van der Waals surface area contributed by atoms with E-state index >= 15 is 0 Å². The number of aryl methyl sites for hydroxylation is 1. The maximum Gasteiger partial charge on any atom is 0.264 e. The Morgan fingerprint density at radius 3 is 2.64 bits per heavy atom. The van der Waals surface area contributed by atoms with Crippen LogP contribution in [0.25, 0.3) is 10.6 Å². The van der Waals surface area contributed by atoms with Crippen molar-refractivity contribution in [2.45, 2.75) is 6.92 Å². The van der Waals surface area contributed by atoms with Gasteiger partial charge in [-0.2, -0.15) is 0 Å². The Labute approximate surface area is 158 Å². The summed E-state index contributed by atoms with van der Waals surface area (Å²) in [6.45, 7) is 1.82. The Balaban J connectivity index is 1.59. The van der Waals surface area contributed by atoms with Crippen LogP contribution >= 0.6 is 34.5 Å². The number of aromatic nitrogens is 2. The highest BCUT2D eigenvalue weighted by atomic mass is 35.5. The lowest BCUT2D eigenvalue weighted by Crippen LogP contribution is -2.20. The fraction of sp³-hybridized carbons (Fsp3) is 0.118. The zero-order chi connectivity index (χ0) is 17.8. The molecule has 0 atom stereocenters. The number of hydrogen-bond donors (Lipinski definition) is 1. The molecule has 5 nitrogen and oxygen atoms in total. The number of halogens is 2. The van der Waals surface area contributed by atoms with Gasteiger partial charge in [-0.25, -0.2) is 0 Å². The first-order valence-electron chi connectivity index (χ1n) is 7.29. The average Bonchev–Trinajstić information content (AvgIpc) is 3.03. The molecule has 0 aliphatic carbocycles. The number of nitrogens with zero attached hydrogens (tertiary/aromatic N) is 2. The van der Waals surface area contributed by atoms with Crippen molar-refractivity contribution in [3.8, 4) is 16.3 Å². The van der Waals surface area contributed by atoms with E-state index in [4.69, 9.17) is 27.9 Å². The van der Waals surface area contributed by atoms with E-state index < -0.39 is 0 Å². The minimum absolute atomic E-state index is 0.194. The van der Waals surface area contributed by atoms with Crippen LogP contribution in [0.2, 0.25) is 10.0 Å². The molecule has 0 aliphatic rings. The van der Waals surface area contributed by atoms with Crippen molar-refractivity contribution in [2.75, 3.05) is 11.9 Å². The highest BCUT2D eigenvalue weighted by Crippen LogP contribution is 2.28. The number of amides is 1. The van der Waals surface area contributed by atoms with Crippen LogP contribution in [-0.4, -0.2) is 22.7 Å². The Kier molecular flexibility index (Phi) is 5.53. The summed E-state index contributed by atoms with van der Waals surface area (Å²) in [5.74, 6) is 0.0384. The van der Waals surface area contributed by atoms with E-state index in [9.17, 15) is 4.79 Å². The lowest BCUT2D eigenvalue weighted by atomic mass is 10.2. The Morgan fingerprint density at radius 2 is 1.92 bits per heavy atom. The molecule has 3 rings (SSSR count). The summed E-state index contributed by atoms with van der Waals surface area (Å²) in [7, 11) is 0. The predicted molar refractivity (Wildman–Crippen MR) is 101 cm³/mol. The van der Waals surface area contributed by atoms with Crippen molar-refractivity contribution in [3.63, 3.8) is 0 Å². The van der Waals surface area contributed by atoms with Gasteiger partial charge < -0.3 is 4.74 Å². The minimum atomic E-state index is -0.349. The van der Waals surface area contributed by atoms with Crippen molar-refractivity contribution in [2.24, 2.45) is 0 Å². The molecule has 1 heterocycles. The van der Waals surface area contributed by atoms with Crippen LogP contribution in [0.5, 0.6) is 5.75 Å². The van der Waals surface area contributed by atoms with Gasteiger partial charge in [0.05, 0.1) is 5.02 Å². The highest BCUT2D eigenvalue weighted by Gasteiger charge is 2.11. The van der Waals surface area contributed by atoms with Crippen molar-refractivity contribution >= 4 is 45.6 Å². The number of nitrogens with one attached hydrogen (secondary N) is 1. The highest BCUT2D eigenvalue weighted by molar-refractivity contribution is 7.18. The number of anilines is 1. The van der Waals surface area contributed by atoms with Crippen molar-refractivity contribution in [1.82, 2.24) is 10.2 Å². The van der Waals surface area contributed by atoms with Gasteiger partial charge in [0.15, 0.2) is 6.61 Å². The second-order valence-electron chi connectivity index (χ2n) is 5.19. The summed E-state index contributed by atoms with van der Waals surface area (Å²) >= 11 is 13.1. The molecule has 25 heavy (non-hydrogen) atoms. The Morgan fingerprint density at radius 1 is 1.16 bits per heavy atom. The molecule has 8 heteroatoms. The molecule has 0 spiro atoms. The first-order chi connectivity index (χ1) is 12.0.